The van der Waals surface area contributed by atoms with Gasteiger partial charge in [-0.05, 0) is 75.9 Å². The van der Waals surface area contributed by atoms with E-state index < -0.39 is 0 Å². The topological polar surface area (TPSA) is 41.6 Å². The lowest BCUT2D eigenvalue weighted by Gasteiger charge is -2.31. The average molecular weight is 344 g/mol. The Labute approximate surface area is 152 Å². The molecule has 1 aliphatic heterocycles. The molecule has 0 atom stereocenters. The number of nitrogens with one attached hydrogen (secondary N) is 1. The number of amides is 1. The van der Waals surface area contributed by atoms with Crippen LogP contribution >= 0.6 is 0 Å². The van der Waals surface area contributed by atoms with Crippen LogP contribution in [0.2, 0.25) is 0 Å². The van der Waals surface area contributed by atoms with Crippen LogP contribution in [0.4, 0.5) is 0 Å². The molecule has 1 heterocycles. The minimum Gasteiger partial charge on any atom is -0.497 e. The number of unbranched alkanes of at least 4 members (excludes halogenated alkanes) is 2. The van der Waals surface area contributed by atoms with Gasteiger partial charge in [-0.2, -0.15) is 0 Å². The number of hydrogen-bond acceptors (Lipinski definition) is 3. The van der Waals surface area contributed by atoms with Gasteiger partial charge in [0.25, 0.3) is 0 Å². The van der Waals surface area contributed by atoms with Gasteiger partial charge in [-0.25, -0.2) is 0 Å². The molecule has 0 aromatic heterocycles. The van der Waals surface area contributed by atoms with Crippen molar-refractivity contribution < 1.29 is 9.53 Å². The second kappa shape index (κ2) is 10.9. The van der Waals surface area contributed by atoms with Crippen molar-refractivity contribution in [3.8, 4) is 5.75 Å². The van der Waals surface area contributed by atoms with Gasteiger partial charge in [0.1, 0.15) is 5.75 Å². The molecule has 1 saturated heterocycles. The number of carbonyl (C=O) groups excluding carboxylic acids is 1. The van der Waals surface area contributed by atoms with E-state index in [2.05, 4.69) is 28.9 Å². The second-order valence-corrected chi connectivity index (χ2v) is 6.79. The molecule has 0 aliphatic carbocycles. The SMILES string of the molecule is C=CCCCCN1CCC(C(=O)NCCc2ccc(OC)cc2)CC1. The average Bonchev–Trinajstić information content (AvgIpc) is 2.66. The number of nitrogens with zero attached hydrogens (tertiary/aromatic N) is 1. The first-order chi connectivity index (χ1) is 12.2. The van der Waals surface area contributed by atoms with Crippen LogP contribution in [0, 0.1) is 5.92 Å². The third kappa shape index (κ3) is 6.91. The molecular formula is C21H32N2O2. The summed E-state index contributed by atoms with van der Waals surface area (Å²) in [6, 6.07) is 8.02. The Morgan fingerprint density at radius 2 is 2.00 bits per heavy atom. The number of allylic oxidation sites excluding steroid dienone is 1. The van der Waals surface area contributed by atoms with Gasteiger partial charge < -0.3 is 15.0 Å². The molecular weight excluding hydrogens is 312 g/mol. The number of benzene rings is 1. The standard InChI is InChI=1S/C21H32N2O2/c1-3-4-5-6-15-23-16-12-19(13-17-23)21(24)22-14-11-18-7-9-20(25-2)10-8-18/h3,7-10,19H,1,4-6,11-17H2,2H3,(H,22,24). The van der Waals surface area contributed by atoms with Gasteiger partial charge in [0.15, 0.2) is 0 Å². The number of ether oxygens (including phenoxy) is 1. The minimum absolute atomic E-state index is 0.181. The summed E-state index contributed by atoms with van der Waals surface area (Å²) >= 11 is 0. The van der Waals surface area contributed by atoms with Crippen molar-refractivity contribution in [1.29, 1.82) is 0 Å². The highest BCUT2D eigenvalue weighted by Gasteiger charge is 2.24. The van der Waals surface area contributed by atoms with Crippen LogP contribution in [0.1, 0.15) is 37.7 Å². The number of carbonyl (C=O) groups is 1. The maximum atomic E-state index is 12.3. The van der Waals surface area contributed by atoms with E-state index in [0.29, 0.717) is 6.54 Å². The van der Waals surface area contributed by atoms with Crippen molar-refractivity contribution in [2.24, 2.45) is 5.92 Å². The van der Waals surface area contributed by atoms with E-state index in [9.17, 15) is 4.79 Å². The first kappa shape index (κ1) is 19.5. The molecule has 1 amide bonds. The quantitative estimate of drug-likeness (QED) is 0.522. The minimum atomic E-state index is 0.181. The zero-order valence-corrected chi connectivity index (χ0v) is 15.5. The number of rotatable bonds is 10. The molecule has 0 spiro atoms. The molecule has 1 aliphatic rings. The van der Waals surface area contributed by atoms with Crippen LogP contribution in [-0.4, -0.2) is 44.1 Å². The zero-order chi connectivity index (χ0) is 17.9. The molecule has 25 heavy (non-hydrogen) atoms. The predicted molar refractivity (Wildman–Crippen MR) is 103 cm³/mol. The highest BCUT2D eigenvalue weighted by atomic mass is 16.5. The van der Waals surface area contributed by atoms with E-state index in [4.69, 9.17) is 4.74 Å². The highest BCUT2D eigenvalue weighted by molar-refractivity contribution is 5.78. The van der Waals surface area contributed by atoms with Gasteiger partial charge in [0.05, 0.1) is 7.11 Å². The summed E-state index contributed by atoms with van der Waals surface area (Å²) in [6.45, 7) is 7.71. The van der Waals surface area contributed by atoms with Gasteiger partial charge in [-0.3, -0.25) is 4.79 Å². The highest BCUT2D eigenvalue weighted by Crippen LogP contribution is 2.18. The van der Waals surface area contributed by atoms with Crippen molar-refractivity contribution >= 4 is 5.91 Å². The van der Waals surface area contributed by atoms with Gasteiger partial charge >= 0.3 is 0 Å². The molecule has 0 unspecified atom stereocenters. The number of likely N-dealkylation sites (tertiary alicyclic amines) is 1. The van der Waals surface area contributed by atoms with Gasteiger partial charge in [-0.1, -0.05) is 18.2 Å². The number of hydrogen-bond donors (Lipinski definition) is 1. The fraction of sp³-hybridized carbons (Fsp3) is 0.571. The molecule has 138 valence electrons. The normalized spacial score (nSPS) is 15.7. The molecule has 4 heteroatoms. The fourth-order valence-corrected chi connectivity index (χ4v) is 3.31. The molecule has 1 N–H and O–H groups in total. The summed E-state index contributed by atoms with van der Waals surface area (Å²) in [5.41, 5.74) is 1.22. The Kier molecular flexibility index (Phi) is 8.53. The lowest BCUT2D eigenvalue weighted by molar-refractivity contribution is -0.126. The van der Waals surface area contributed by atoms with E-state index in [0.717, 1.165) is 51.1 Å². The lowest BCUT2D eigenvalue weighted by atomic mass is 9.95. The van der Waals surface area contributed by atoms with E-state index in [-0.39, 0.29) is 11.8 Å². The summed E-state index contributed by atoms with van der Waals surface area (Å²) in [5.74, 6) is 1.27. The summed E-state index contributed by atoms with van der Waals surface area (Å²) in [5, 5.41) is 3.10. The number of methoxy groups -OCH3 is 1. The molecule has 0 radical (unpaired) electrons. The third-order valence-corrected chi connectivity index (χ3v) is 4.96. The first-order valence-electron chi connectivity index (χ1n) is 9.47. The Morgan fingerprint density at radius 3 is 2.64 bits per heavy atom. The van der Waals surface area contributed by atoms with Crippen molar-refractivity contribution in [1.82, 2.24) is 10.2 Å². The lowest BCUT2D eigenvalue weighted by Crippen LogP contribution is -2.41. The van der Waals surface area contributed by atoms with Crippen molar-refractivity contribution in [3.05, 3.63) is 42.5 Å². The van der Waals surface area contributed by atoms with Gasteiger partial charge in [-0.15, -0.1) is 6.58 Å². The summed E-state index contributed by atoms with van der Waals surface area (Å²) in [6.07, 6.45) is 8.36. The van der Waals surface area contributed by atoms with Crippen LogP contribution in [-0.2, 0) is 11.2 Å². The van der Waals surface area contributed by atoms with Crippen molar-refractivity contribution in [3.63, 3.8) is 0 Å². The van der Waals surface area contributed by atoms with Crippen molar-refractivity contribution in [2.45, 2.75) is 38.5 Å². The Balaban J connectivity index is 1.60. The summed E-state index contributed by atoms with van der Waals surface area (Å²) < 4.78 is 5.16. The third-order valence-electron chi connectivity index (χ3n) is 4.96. The molecule has 0 saturated carbocycles. The van der Waals surface area contributed by atoms with Crippen LogP contribution in [0.3, 0.4) is 0 Å². The van der Waals surface area contributed by atoms with Crippen LogP contribution in [0.25, 0.3) is 0 Å². The smallest absolute Gasteiger partial charge is 0.223 e. The Hall–Kier alpha value is -1.81. The molecule has 1 fully saturated rings. The first-order valence-corrected chi connectivity index (χ1v) is 9.47. The van der Waals surface area contributed by atoms with E-state index >= 15 is 0 Å². The van der Waals surface area contributed by atoms with Crippen LogP contribution in [0.5, 0.6) is 5.75 Å². The summed E-state index contributed by atoms with van der Waals surface area (Å²) in [7, 11) is 1.67. The maximum Gasteiger partial charge on any atom is 0.223 e. The largest absolute Gasteiger partial charge is 0.497 e. The van der Waals surface area contributed by atoms with Crippen LogP contribution in [0.15, 0.2) is 36.9 Å². The summed E-state index contributed by atoms with van der Waals surface area (Å²) in [4.78, 5) is 14.8. The molecule has 0 bridgehead atoms. The van der Waals surface area contributed by atoms with E-state index in [1.165, 1.54) is 18.4 Å². The monoisotopic (exact) mass is 344 g/mol. The molecule has 1 aromatic carbocycles. The maximum absolute atomic E-state index is 12.3. The van der Waals surface area contributed by atoms with Gasteiger partial charge in [0.2, 0.25) is 5.91 Å². The predicted octanol–water partition coefficient (Wildman–Crippen LogP) is 3.42. The fourth-order valence-electron chi connectivity index (χ4n) is 3.31. The number of piperidine rings is 1. The van der Waals surface area contributed by atoms with Crippen molar-refractivity contribution in [2.75, 3.05) is 33.3 Å². The Morgan fingerprint density at radius 1 is 1.28 bits per heavy atom. The molecule has 4 nitrogen and oxygen atoms in total. The molecule has 1 aromatic rings. The zero-order valence-electron chi connectivity index (χ0n) is 15.5. The molecule has 2 rings (SSSR count). The van der Waals surface area contributed by atoms with E-state index in [1.807, 2.05) is 18.2 Å². The Bertz CT molecular complexity index is 519. The van der Waals surface area contributed by atoms with Gasteiger partial charge in [0, 0.05) is 12.5 Å². The van der Waals surface area contributed by atoms with E-state index in [1.54, 1.807) is 7.11 Å². The van der Waals surface area contributed by atoms with Crippen LogP contribution < -0.4 is 10.1 Å². The second-order valence-electron chi connectivity index (χ2n) is 6.79.